The molecule has 0 unspecified atom stereocenters. The molecule has 0 aromatic heterocycles. The second-order valence-corrected chi connectivity index (χ2v) is 12.4. The summed E-state index contributed by atoms with van der Waals surface area (Å²) in [5, 5.41) is 0.124. The maximum atomic E-state index is 6.50. The summed E-state index contributed by atoms with van der Waals surface area (Å²) >= 11 is 0. The van der Waals surface area contributed by atoms with Crippen molar-refractivity contribution in [3.63, 3.8) is 0 Å². The van der Waals surface area contributed by atoms with Crippen molar-refractivity contribution in [1.29, 1.82) is 0 Å². The van der Waals surface area contributed by atoms with Gasteiger partial charge in [-0.25, -0.2) is 0 Å². The topological polar surface area (TPSA) is 27.7 Å². The van der Waals surface area contributed by atoms with E-state index in [0.717, 1.165) is 0 Å². The lowest BCUT2D eigenvalue weighted by Gasteiger charge is -2.40. The molecule has 3 atom stereocenters. The van der Waals surface area contributed by atoms with Crippen LogP contribution in [0, 0.1) is 12.3 Å². The fourth-order valence-corrected chi connectivity index (χ4v) is 3.51. The fraction of sp³-hybridized carbons (Fsp3) is 0.765. The predicted molar refractivity (Wildman–Crippen MR) is 89.5 cm³/mol. The van der Waals surface area contributed by atoms with Gasteiger partial charge in [0.25, 0.3) is 0 Å². The van der Waals surface area contributed by atoms with E-state index < -0.39 is 14.1 Å². The molecule has 0 N–H and O–H groups in total. The molecule has 0 spiro atoms. The van der Waals surface area contributed by atoms with Gasteiger partial charge in [-0.1, -0.05) is 26.8 Å². The first-order valence-electron chi connectivity index (χ1n) is 7.53. The molecule has 1 aliphatic heterocycles. The molecular formula is C17H30O3Si. The summed E-state index contributed by atoms with van der Waals surface area (Å²) in [5.41, 5.74) is 0. The van der Waals surface area contributed by atoms with Crippen molar-refractivity contribution in [2.75, 3.05) is 0 Å². The highest BCUT2D eigenvalue weighted by Crippen LogP contribution is 2.40. The largest absolute Gasteiger partial charge is 0.410 e. The Bertz CT molecular complexity index is 415. The molecule has 4 heteroatoms. The van der Waals surface area contributed by atoms with E-state index in [1.54, 1.807) is 6.08 Å². The highest BCUT2D eigenvalue weighted by Gasteiger charge is 2.47. The van der Waals surface area contributed by atoms with E-state index in [9.17, 15) is 0 Å². The predicted octanol–water partition coefficient (Wildman–Crippen LogP) is 4.11. The minimum Gasteiger partial charge on any atom is -0.410 e. The van der Waals surface area contributed by atoms with Crippen LogP contribution in [0.15, 0.2) is 12.7 Å². The van der Waals surface area contributed by atoms with E-state index in [0.29, 0.717) is 6.42 Å². The Balaban J connectivity index is 2.97. The van der Waals surface area contributed by atoms with Crippen LogP contribution in [0.5, 0.6) is 0 Å². The third-order valence-electron chi connectivity index (χ3n) is 4.33. The summed E-state index contributed by atoms with van der Waals surface area (Å²) in [6.07, 6.45) is 7.27. The second kappa shape index (κ2) is 6.25. The number of rotatable bonds is 5. The highest BCUT2D eigenvalue weighted by molar-refractivity contribution is 6.74. The van der Waals surface area contributed by atoms with Crippen molar-refractivity contribution in [3.05, 3.63) is 12.7 Å². The Morgan fingerprint density at radius 2 is 1.95 bits per heavy atom. The van der Waals surface area contributed by atoms with Gasteiger partial charge in [0.05, 0.1) is 6.10 Å². The van der Waals surface area contributed by atoms with Crippen molar-refractivity contribution in [2.24, 2.45) is 0 Å². The number of terminal acetylenes is 1. The van der Waals surface area contributed by atoms with Crippen LogP contribution < -0.4 is 0 Å². The first-order valence-corrected chi connectivity index (χ1v) is 10.4. The molecule has 1 fully saturated rings. The molecule has 1 aliphatic rings. The van der Waals surface area contributed by atoms with Gasteiger partial charge < -0.3 is 13.9 Å². The van der Waals surface area contributed by atoms with Gasteiger partial charge in [-0.2, -0.15) is 0 Å². The maximum Gasteiger partial charge on any atom is 0.192 e. The Labute approximate surface area is 131 Å². The molecule has 0 saturated carbocycles. The van der Waals surface area contributed by atoms with E-state index in [-0.39, 0.29) is 23.4 Å². The summed E-state index contributed by atoms with van der Waals surface area (Å²) in [4.78, 5) is 0. The number of hydrogen-bond acceptors (Lipinski definition) is 3. The summed E-state index contributed by atoms with van der Waals surface area (Å²) in [5.74, 6) is 2.09. The van der Waals surface area contributed by atoms with E-state index in [2.05, 4.69) is 46.4 Å². The molecule has 0 aromatic carbocycles. The van der Waals surface area contributed by atoms with Crippen molar-refractivity contribution < 1.29 is 13.9 Å². The molecule has 0 aliphatic carbocycles. The van der Waals surface area contributed by atoms with Gasteiger partial charge in [0, 0.05) is 6.42 Å². The van der Waals surface area contributed by atoms with E-state index in [4.69, 9.17) is 20.3 Å². The average Bonchev–Trinajstić information content (AvgIpc) is 2.62. The minimum absolute atomic E-state index is 0.124. The van der Waals surface area contributed by atoms with Crippen molar-refractivity contribution in [2.45, 2.75) is 83.3 Å². The van der Waals surface area contributed by atoms with Crippen LogP contribution in [-0.4, -0.2) is 32.4 Å². The monoisotopic (exact) mass is 310 g/mol. The summed E-state index contributed by atoms with van der Waals surface area (Å²) in [6, 6.07) is 0. The van der Waals surface area contributed by atoms with Crippen molar-refractivity contribution in [1.82, 2.24) is 0 Å². The van der Waals surface area contributed by atoms with Crippen LogP contribution >= 0.6 is 0 Å². The molecule has 0 amide bonds. The number of hydrogen-bond donors (Lipinski definition) is 0. The molecular weight excluding hydrogens is 280 g/mol. The van der Waals surface area contributed by atoms with Crippen LogP contribution in [0.4, 0.5) is 0 Å². The van der Waals surface area contributed by atoms with Crippen molar-refractivity contribution in [3.8, 4) is 12.3 Å². The fourth-order valence-electron chi connectivity index (χ4n) is 2.18. The Kier molecular flexibility index (Phi) is 5.49. The Morgan fingerprint density at radius 3 is 2.38 bits per heavy atom. The third kappa shape index (κ3) is 4.43. The minimum atomic E-state index is -1.93. The van der Waals surface area contributed by atoms with Crippen molar-refractivity contribution >= 4 is 8.32 Å². The molecule has 0 bridgehead atoms. The lowest BCUT2D eigenvalue weighted by molar-refractivity contribution is -0.152. The summed E-state index contributed by atoms with van der Waals surface area (Å²) in [7, 11) is -1.93. The van der Waals surface area contributed by atoms with E-state index in [1.165, 1.54) is 0 Å². The molecule has 21 heavy (non-hydrogen) atoms. The molecule has 1 saturated heterocycles. The average molecular weight is 311 g/mol. The van der Waals surface area contributed by atoms with Gasteiger partial charge in [0.1, 0.15) is 12.2 Å². The van der Waals surface area contributed by atoms with Crippen LogP contribution in [0.3, 0.4) is 0 Å². The molecule has 1 heterocycles. The molecule has 0 radical (unpaired) electrons. The normalized spacial score (nSPS) is 27.1. The van der Waals surface area contributed by atoms with E-state index in [1.807, 2.05) is 13.8 Å². The zero-order valence-corrected chi connectivity index (χ0v) is 15.5. The second-order valence-electron chi connectivity index (χ2n) is 7.63. The Morgan fingerprint density at radius 1 is 1.38 bits per heavy atom. The van der Waals surface area contributed by atoms with Crippen LogP contribution in [0.1, 0.15) is 41.0 Å². The third-order valence-corrected chi connectivity index (χ3v) is 8.84. The molecule has 120 valence electrons. The molecule has 1 rings (SSSR count). The van der Waals surface area contributed by atoms with Gasteiger partial charge in [-0.15, -0.1) is 18.9 Å². The zero-order chi connectivity index (χ0) is 16.5. The first kappa shape index (κ1) is 18.4. The quantitative estimate of drug-likeness (QED) is 0.434. The lowest BCUT2D eigenvalue weighted by Crippen LogP contribution is -2.49. The van der Waals surface area contributed by atoms with Gasteiger partial charge in [-0.3, -0.25) is 0 Å². The van der Waals surface area contributed by atoms with Gasteiger partial charge in [-0.05, 0) is 32.0 Å². The maximum absolute atomic E-state index is 6.50. The van der Waals surface area contributed by atoms with Gasteiger partial charge >= 0.3 is 0 Å². The summed E-state index contributed by atoms with van der Waals surface area (Å²) in [6.45, 7) is 18.7. The Hall–Kier alpha value is -0.603. The SMILES string of the molecule is C#CC[C@@H](O[Si](C)(C)C(C)(C)C)[C@H]1OC(C)(C)O[C@@H]1C=C. The van der Waals surface area contributed by atoms with Gasteiger partial charge in [0.2, 0.25) is 0 Å². The lowest BCUT2D eigenvalue weighted by atomic mass is 10.1. The summed E-state index contributed by atoms with van der Waals surface area (Å²) < 4.78 is 18.4. The van der Waals surface area contributed by atoms with Crippen LogP contribution in [0.25, 0.3) is 0 Å². The number of ether oxygens (including phenoxy) is 2. The highest BCUT2D eigenvalue weighted by atomic mass is 28.4. The standard InChI is InChI=1S/C17H30O3Si/c1-10-12-14(20-21(8,9)16(3,4)5)15-13(11-2)18-17(6,7)19-15/h1,11,13-15H,2,12H2,3-9H3/t13-,14-,15+/m1/s1. The van der Waals surface area contributed by atoms with Crippen LogP contribution in [-0.2, 0) is 13.9 Å². The zero-order valence-electron chi connectivity index (χ0n) is 14.5. The smallest absolute Gasteiger partial charge is 0.192 e. The van der Waals surface area contributed by atoms with Gasteiger partial charge in [0.15, 0.2) is 14.1 Å². The first-order chi connectivity index (χ1) is 9.43. The molecule has 0 aromatic rings. The van der Waals surface area contributed by atoms with Crippen LogP contribution in [0.2, 0.25) is 18.1 Å². The van der Waals surface area contributed by atoms with E-state index >= 15 is 0 Å². The molecule has 3 nitrogen and oxygen atoms in total.